The van der Waals surface area contributed by atoms with Gasteiger partial charge >= 0.3 is 0 Å². The zero-order chi connectivity index (χ0) is 12.4. The van der Waals surface area contributed by atoms with Crippen molar-refractivity contribution in [2.45, 2.75) is 59.2 Å². The zero-order valence-corrected chi connectivity index (χ0v) is 11.6. The van der Waals surface area contributed by atoms with Crippen molar-refractivity contribution >= 4 is 0 Å². The van der Waals surface area contributed by atoms with Crippen molar-refractivity contribution in [3.8, 4) is 0 Å². The third-order valence-electron chi connectivity index (χ3n) is 6.14. The Kier molecular flexibility index (Phi) is 2.45. The average molecular weight is 238 g/mol. The summed E-state index contributed by atoms with van der Waals surface area (Å²) in [7, 11) is 0. The lowest BCUT2D eigenvalue weighted by Crippen LogP contribution is -2.54. The standard InChI is InChI=1S/C15H26O2/c1-9(2)12-11-7-10-8-15(11,5-6-17-12)13(16)14(10,3)4/h9-13,16H,5-8H2,1-4H3/t10-,11-,12-,13-,15?/m1/s1. The zero-order valence-electron chi connectivity index (χ0n) is 11.6. The molecular formula is C15H26O2. The second-order valence-corrected chi connectivity index (χ2v) is 7.53. The van der Waals surface area contributed by atoms with Gasteiger partial charge in [0.15, 0.2) is 0 Å². The molecule has 1 heterocycles. The number of aliphatic hydroxyl groups is 1. The summed E-state index contributed by atoms with van der Waals surface area (Å²) in [4.78, 5) is 0. The molecule has 98 valence electrons. The van der Waals surface area contributed by atoms with E-state index in [0.29, 0.717) is 23.9 Å². The monoisotopic (exact) mass is 238 g/mol. The molecule has 1 saturated heterocycles. The lowest BCUT2D eigenvalue weighted by molar-refractivity contribution is -0.172. The molecule has 1 N–H and O–H groups in total. The van der Waals surface area contributed by atoms with Crippen molar-refractivity contribution in [1.82, 2.24) is 0 Å². The van der Waals surface area contributed by atoms with E-state index in [9.17, 15) is 5.11 Å². The molecule has 3 fully saturated rings. The molecule has 5 atom stereocenters. The van der Waals surface area contributed by atoms with Crippen molar-refractivity contribution in [2.24, 2.45) is 28.6 Å². The van der Waals surface area contributed by atoms with Gasteiger partial charge in [-0.05, 0) is 42.4 Å². The second kappa shape index (κ2) is 3.48. The van der Waals surface area contributed by atoms with Gasteiger partial charge in [0, 0.05) is 12.0 Å². The molecule has 2 bridgehead atoms. The molecule has 2 saturated carbocycles. The van der Waals surface area contributed by atoms with Gasteiger partial charge in [-0.2, -0.15) is 0 Å². The van der Waals surface area contributed by atoms with Gasteiger partial charge in [0.2, 0.25) is 0 Å². The molecule has 0 radical (unpaired) electrons. The summed E-state index contributed by atoms with van der Waals surface area (Å²) in [5, 5.41) is 10.8. The van der Waals surface area contributed by atoms with E-state index in [4.69, 9.17) is 4.74 Å². The maximum atomic E-state index is 10.8. The first-order valence-electron chi connectivity index (χ1n) is 7.19. The number of ether oxygens (including phenoxy) is 1. The second-order valence-electron chi connectivity index (χ2n) is 7.53. The Balaban J connectivity index is 1.95. The van der Waals surface area contributed by atoms with Gasteiger partial charge in [-0.1, -0.05) is 27.7 Å². The summed E-state index contributed by atoms with van der Waals surface area (Å²) in [6.07, 6.45) is 3.83. The van der Waals surface area contributed by atoms with E-state index in [0.717, 1.165) is 13.0 Å². The Bertz CT molecular complexity index is 323. The van der Waals surface area contributed by atoms with Gasteiger partial charge in [-0.15, -0.1) is 0 Å². The predicted molar refractivity (Wildman–Crippen MR) is 67.6 cm³/mol. The van der Waals surface area contributed by atoms with Crippen LogP contribution in [0.2, 0.25) is 0 Å². The van der Waals surface area contributed by atoms with Crippen LogP contribution in [0.25, 0.3) is 0 Å². The van der Waals surface area contributed by atoms with E-state index >= 15 is 0 Å². The Morgan fingerprint density at radius 2 is 2.00 bits per heavy atom. The maximum absolute atomic E-state index is 10.8. The molecule has 2 nitrogen and oxygen atoms in total. The van der Waals surface area contributed by atoms with Gasteiger partial charge < -0.3 is 9.84 Å². The average Bonchev–Trinajstić information content (AvgIpc) is 2.73. The fraction of sp³-hybridized carbons (Fsp3) is 1.00. The normalized spacial score (nSPS) is 51.9. The summed E-state index contributed by atoms with van der Waals surface area (Å²) in [5.74, 6) is 1.88. The van der Waals surface area contributed by atoms with Crippen LogP contribution < -0.4 is 0 Å². The molecule has 0 aromatic carbocycles. The molecule has 3 aliphatic rings. The first kappa shape index (κ1) is 12.0. The molecule has 1 unspecified atom stereocenters. The van der Waals surface area contributed by atoms with Gasteiger partial charge in [0.1, 0.15) is 0 Å². The van der Waals surface area contributed by atoms with Crippen molar-refractivity contribution in [3.63, 3.8) is 0 Å². The molecule has 1 spiro atoms. The van der Waals surface area contributed by atoms with Crippen LogP contribution in [0.15, 0.2) is 0 Å². The first-order chi connectivity index (χ1) is 7.89. The van der Waals surface area contributed by atoms with Crippen LogP contribution in [0, 0.1) is 28.6 Å². The number of hydrogen-bond donors (Lipinski definition) is 1. The fourth-order valence-corrected chi connectivity index (χ4v) is 5.12. The molecular weight excluding hydrogens is 212 g/mol. The molecule has 3 rings (SSSR count). The van der Waals surface area contributed by atoms with Crippen LogP contribution in [0.3, 0.4) is 0 Å². The topological polar surface area (TPSA) is 29.5 Å². The van der Waals surface area contributed by atoms with Crippen LogP contribution in [-0.2, 0) is 4.74 Å². The molecule has 0 aromatic heterocycles. The van der Waals surface area contributed by atoms with Crippen LogP contribution in [0.5, 0.6) is 0 Å². The third-order valence-corrected chi connectivity index (χ3v) is 6.14. The summed E-state index contributed by atoms with van der Waals surface area (Å²) in [6.45, 7) is 9.87. The lowest BCUT2D eigenvalue weighted by Gasteiger charge is -2.52. The summed E-state index contributed by atoms with van der Waals surface area (Å²) >= 11 is 0. The fourth-order valence-electron chi connectivity index (χ4n) is 5.12. The minimum atomic E-state index is -0.121. The van der Waals surface area contributed by atoms with E-state index in [-0.39, 0.29) is 16.9 Å². The van der Waals surface area contributed by atoms with Gasteiger partial charge in [0.05, 0.1) is 12.2 Å². The quantitative estimate of drug-likeness (QED) is 0.761. The van der Waals surface area contributed by atoms with E-state index in [1.54, 1.807) is 0 Å². The summed E-state index contributed by atoms with van der Waals surface area (Å²) in [5.41, 5.74) is 0.302. The largest absolute Gasteiger partial charge is 0.392 e. The molecule has 17 heavy (non-hydrogen) atoms. The Hall–Kier alpha value is -0.0800. The minimum Gasteiger partial charge on any atom is -0.392 e. The first-order valence-corrected chi connectivity index (χ1v) is 7.19. The van der Waals surface area contributed by atoms with Gasteiger partial charge in [0.25, 0.3) is 0 Å². The highest BCUT2D eigenvalue weighted by atomic mass is 16.5. The lowest BCUT2D eigenvalue weighted by atomic mass is 9.60. The van der Waals surface area contributed by atoms with Crippen LogP contribution in [0.1, 0.15) is 47.0 Å². The molecule has 0 amide bonds. The molecule has 2 aliphatic carbocycles. The summed E-state index contributed by atoms with van der Waals surface area (Å²) < 4.78 is 6.01. The van der Waals surface area contributed by atoms with Crippen LogP contribution >= 0.6 is 0 Å². The summed E-state index contributed by atoms with van der Waals surface area (Å²) in [6, 6.07) is 0. The molecule has 0 aromatic rings. The Morgan fingerprint density at radius 3 is 2.59 bits per heavy atom. The molecule has 2 heteroatoms. The third kappa shape index (κ3) is 1.34. The van der Waals surface area contributed by atoms with E-state index < -0.39 is 0 Å². The molecule has 1 aliphatic heterocycles. The van der Waals surface area contributed by atoms with Crippen molar-refractivity contribution in [1.29, 1.82) is 0 Å². The van der Waals surface area contributed by atoms with E-state index in [1.165, 1.54) is 12.8 Å². The van der Waals surface area contributed by atoms with Crippen molar-refractivity contribution < 1.29 is 9.84 Å². The van der Waals surface area contributed by atoms with Crippen molar-refractivity contribution in [2.75, 3.05) is 6.61 Å². The number of fused-ring (bicyclic) bond motifs is 1. The Morgan fingerprint density at radius 1 is 1.29 bits per heavy atom. The van der Waals surface area contributed by atoms with Crippen molar-refractivity contribution in [3.05, 3.63) is 0 Å². The highest BCUT2D eigenvalue weighted by Gasteiger charge is 2.67. The number of rotatable bonds is 1. The number of aliphatic hydroxyl groups excluding tert-OH is 1. The maximum Gasteiger partial charge on any atom is 0.0654 e. The predicted octanol–water partition coefficient (Wildman–Crippen LogP) is 2.84. The van der Waals surface area contributed by atoms with Crippen LogP contribution in [0.4, 0.5) is 0 Å². The highest BCUT2D eigenvalue weighted by molar-refractivity contribution is 5.16. The number of hydrogen-bond acceptors (Lipinski definition) is 2. The Labute approximate surface area is 105 Å². The smallest absolute Gasteiger partial charge is 0.0654 e. The SMILES string of the molecule is CC(C)[C@H]1OCCC23C[C@@H](C[C@H]12)C(C)(C)[C@H]3O. The minimum absolute atomic E-state index is 0.120. The van der Waals surface area contributed by atoms with E-state index in [2.05, 4.69) is 27.7 Å². The van der Waals surface area contributed by atoms with E-state index in [1.807, 2.05) is 0 Å². The van der Waals surface area contributed by atoms with Gasteiger partial charge in [-0.3, -0.25) is 0 Å². The highest BCUT2D eigenvalue weighted by Crippen LogP contribution is 2.68. The van der Waals surface area contributed by atoms with Gasteiger partial charge in [-0.25, -0.2) is 0 Å². The van der Waals surface area contributed by atoms with Crippen LogP contribution in [-0.4, -0.2) is 23.9 Å².